The number of aryl methyl sites for hydroxylation is 1. The second-order valence-corrected chi connectivity index (χ2v) is 6.14. The standard InChI is InChI=1S/C20H17FN2O/c21-18-12-14(9-10-22-18)20-15(11-13-5-2-1-3-6-13)19-16(23-20)7-4-8-17(19)24/h1-3,5-6,9-10,12,23H,4,7-8,11H2. The van der Waals surface area contributed by atoms with Crippen molar-refractivity contribution in [2.24, 2.45) is 0 Å². The molecule has 1 aliphatic rings. The van der Waals surface area contributed by atoms with Crippen LogP contribution in [0.3, 0.4) is 0 Å². The molecule has 4 rings (SSSR count). The molecule has 0 saturated heterocycles. The smallest absolute Gasteiger partial charge is 0.213 e. The third-order valence-corrected chi connectivity index (χ3v) is 4.53. The van der Waals surface area contributed by atoms with Gasteiger partial charge in [0, 0.05) is 41.9 Å². The van der Waals surface area contributed by atoms with Gasteiger partial charge in [0.1, 0.15) is 0 Å². The molecule has 3 aromatic rings. The van der Waals surface area contributed by atoms with Crippen molar-refractivity contribution >= 4 is 5.78 Å². The summed E-state index contributed by atoms with van der Waals surface area (Å²) in [5, 5.41) is 0. The number of ketones is 1. The Hall–Kier alpha value is -2.75. The van der Waals surface area contributed by atoms with E-state index in [4.69, 9.17) is 0 Å². The molecule has 4 heteroatoms. The van der Waals surface area contributed by atoms with Crippen LogP contribution < -0.4 is 0 Å². The second kappa shape index (κ2) is 6.04. The molecule has 1 aliphatic carbocycles. The van der Waals surface area contributed by atoms with Crippen molar-refractivity contribution in [3.63, 3.8) is 0 Å². The van der Waals surface area contributed by atoms with Crippen LogP contribution in [0.1, 0.15) is 40.0 Å². The number of halogens is 1. The SMILES string of the molecule is O=C1CCCc2[nH]c(-c3ccnc(F)c3)c(Cc3ccccc3)c21. The van der Waals surface area contributed by atoms with Crippen molar-refractivity contribution < 1.29 is 9.18 Å². The molecular weight excluding hydrogens is 303 g/mol. The highest BCUT2D eigenvalue weighted by Gasteiger charge is 2.26. The van der Waals surface area contributed by atoms with Crippen LogP contribution in [0.4, 0.5) is 4.39 Å². The van der Waals surface area contributed by atoms with Gasteiger partial charge in [-0.25, -0.2) is 4.98 Å². The number of fused-ring (bicyclic) bond motifs is 1. The summed E-state index contributed by atoms with van der Waals surface area (Å²) in [4.78, 5) is 19.5. The number of Topliss-reactive ketones (excluding diaryl/α,β-unsaturated/α-hetero) is 1. The zero-order valence-corrected chi connectivity index (χ0v) is 13.2. The van der Waals surface area contributed by atoms with Gasteiger partial charge in [0.15, 0.2) is 5.78 Å². The van der Waals surface area contributed by atoms with Crippen LogP contribution in [0.15, 0.2) is 48.7 Å². The molecule has 0 aliphatic heterocycles. The minimum Gasteiger partial charge on any atom is -0.358 e. The van der Waals surface area contributed by atoms with Gasteiger partial charge in [0.2, 0.25) is 5.95 Å². The van der Waals surface area contributed by atoms with Gasteiger partial charge in [-0.05, 0) is 30.0 Å². The zero-order valence-electron chi connectivity index (χ0n) is 13.2. The first-order valence-corrected chi connectivity index (χ1v) is 8.15. The van der Waals surface area contributed by atoms with Crippen LogP contribution in [0.25, 0.3) is 11.3 Å². The molecular formula is C20H17FN2O. The molecule has 0 unspecified atom stereocenters. The summed E-state index contributed by atoms with van der Waals surface area (Å²) in [6.07, 6.45) is 4.41. The van der Waals surface area contributed by atoms with Crippen molar-refractivity contribution in [1.29, 1.82) is 0 Å². The maximum Gasteiger partial charge on any atom is 0.213 e. The van der Waals surface area contributed by atoms with E-state index in [0.717, 1.165) is 46.5 Å². The number of carbonyl (C=O) groups is 1. The normalized spacial score (nSPS) is 13.8. The highest BCUT2D eigenvalue weighted by molar-refractivity contribution is 6.01. The molecule has 0 atom stereocenters. The molecule has 2 heterocycles. The van der Waals surface area contributed by atoms with Crippen LogP contribution in [-0.2, 0) is 12.8 Å². The number of H-pyrrole nitrogens is 1. The number of rotatable bonds is 3. The van der Waals surface area contributed by atoms with E-state index in [9.17, 15) is 9.18 Å². The minimum atomic E-state index is -0.517. The lowest BCUT2D eigenvalue weighted by Crippen LogP contribution is -2.11. The molecule has 2 aromatic heterocycles. The first-order valence-electron chi connectivity index (χ1n) is 8.15. The molecule has 0 radical (unpaired) electrons. The predicted octanol–water partition coefficient (Wildman–Crippen LogP) is 4.33. The average molecular weight is 320 g/mol. The van der Waals surface area contributed by atoms with Gasteiger partial charge in [0.25, 0.3) is 0 Å². The van der Waals surface area contributed by atoms with E-state index in [-0.39, 0.29) is 5.78 Å². The number of pyridine rings is 1. The number of hydrogen-bond acceptors (Lipinski definition) is 2. The molecule has 0 bridgehead atoms. The maximum atomic E-state index is 13.6. The summed E-state index contributed by atoms with van der Waals surface area (Å²) in [6, 6.07) is 13.2. The molecule has 120 valence electrons. The summed E-state index contributed by atoms with van der Waals surface area (Å²) in [7, 11) is 0. The van der Waals surface area contributed by atoms with E-state index in [0.29, 0.717) is 12.8 Å². The molecule has 24 heavy (non-hydrogen) atoms. The molecule has 0 fully saturated rings. The van der Waals surface area contributed by atoms with Gasteiger partial charge >= 0.3 is 0 Å². The number of hydrogen-bond donors (Lipinski definition) is 1. The third kappa shape index (κ3) is 2.64. The Morgan fingerprint density at radius 2 is 1.96 bits per heavy atom. The van der Waals surface area contributed by atoms with Crippen molar-refractivity contribution in [2.75, 3.05) is 0 Å². The van der Waals surface area contributed by atoms with Crippen LogP contribution >= 0.6 is 0 Å². The topological polar surface area (TPSA) is 45.8 Å². The number of carbonyl (C=O) groups excluding carboxylic acids is 1. The molecule has 0 spiro atoms. The molecule has 0 amide bonds. The molecule has 3 nitrogen and oxygen atoms in total. The van der Waals surface area contributed by atoms with Crippen LogP contribution in [-0.4, -0.2) is 15.8 Å². The number of nitrogens with zero attached hydrogens (tertiary/aromatic N) is 1. The van der Waals surface area contributed by atoms with Crippen LogP contribution in [0, 0.1) is 5.95 Å². The predicted molar refractivity (Wildman–Crippen MR) is 90.5 cm³/mol. The van der Waals surface area contributed by atoms with E-state index < -0.39 is 5.95 Å². The zero-order chi connectivity index (χ0) is 16.5. The van der Waals surface area contributed by atoms with Gasteiger partial charge < -0.3 is 4.98 Å². The number of aromatic amines is 1. The molecule has 1 N–H and O–H groups in total. The van der Waals surface area contributed by atoms with Gasteiger partial charge in [-0.2, -0.15) is 4.39 Å². The summed E-state index contributed by atoms with van der Waals surface area (Å²) >= 11 is 0. The lowest BCUT2D eigenvalue weighted by atomic mass is 9.90. The van der Waals surface area contributed by atoms with Crippen molar-refractivity contribution in [1.82, 2.24) is 9.97 Å². The van der Waals surface area contributed by atoms with E-state index >= 15 is 0 Å². The van der Waals surface area contributed by atoms with Crippen LogP contribution in [0.5, 0.6) is 0 Å². The second-order valence-electron chi connectivity index (χ2n) is 6.14. The van der Waals surface area contributed by atoms with E-state index in [1.165, 1.54) is 12.3 Å². The summed E-state index contributed by atoms with van der Waals surface area (Å²) in [5.74, 6) is -0.337. The van der Waals surface area contributed by atoms with E-state index in [2.05, 4.69) is 9.97 Å². The monoisotopic (exact) mass is 320 g/mol. The van der Waals surface area contributed by atoms with Gasteiger partial charge in [0.05, 0.1) is 5.69 Å². The van der Waals surface area contributed by atoms with E-state index in [1.807, 2.05) is 30.3 Å². The fourth-order valence-electron chi connectivity index (χ4n) is 3.45. The number of benzene rings is 1. The summed E-state index contributed by atoms with van der Waals surface area (Å²) in [6.45, 7) is 0. The van der Waals surface area contributed by atoms with Crippen molar-refractivity contribution in [3.8, 4) is 11.3 Å². The van der Waals surface area contributed by atoms with Crippen LogP contribution in [0.2, 0.25) is 0 Å². The fourth-order valence-corrected chi connectivity index (χ4v) is 3.45. The lowest BCUT2D eigenvalue weighted by Gasteiger charge is -2.12. The van der Waals surface area contributed by atoms with Gasteiger partial charge in [-0.15, -0.1) is 0 Å². The largest absolute Gasteiger partial charge is 0.358 e. The highest BCUT2D eigenvalue weighted by Crippen LogP contribution is 2.34. The summed E-state index contributed by atoms with van der Waals surface area (Å²) in [5.41, 5.74) is 5.44. The Kier molecular flexibility index (Phi) is 3.73. The first kappa shape index (κ1) is 14.8. The Labute approximate surface area is 139 Å². The number of aromatic nitrogens is 2. The summed E-state index contributed by atoms with van der Waals surface area (Å²) < 4.78 is 13.6. The van der Waals surface area contributed by atoms with Crippen molar-refractivity contribution in [2.45, 2.75) is 25.7 Å². The molecule has 0 saturated carbocycles. The van der Waals surface area contributed by atoms with Crippen molar-refractivity contribution in [3.05, 3.63) is 77.0 Å². The van der Waals surface area contributed by atoms with Gasteiger partial charge in [-0.3, -0.25) is 4.79 Å². The maximum absolute atomic E-state index is 13.6. The first-order chi connectivity index (χ1) is 11.7. The highest BCUT2D eigenvalue weighted by atomic mass is 19.1. The Bertz CT molecular complexity index is 899. The Morgan fingerprint density at radius 1 is 1.12 bits per heavy atom. The lowest BCUT2D eigenvalue weighted by molar-refractivity contribution is 0.0971. The van der Waals surface area contributed by atoms with Gasteiger partial charge in [-0.1, -0.05) is 30.3 Å². The third-order valence-electron chi connectivity index (χ3n) is 4.53. The Balaban J connectivity index is 1.88. The number of nitrogens with one attached hydrogen (secondary N) is 1. The average Bonchev–Trinajstić information content (AvgIpc) is 2.96. The molecule has 1 aromatic carbocycles. The Morgan fingerprint density at radius 3 is 2.75 bits per heavy atom. The minimum absolute atomic E-state index is 0.180. The van der Waals surface area contributed by atoms with E-state index in [1.54, 1.807) is 6.07 Å². The fraction of sp³-hybridized carbons (Fsp3) is 0.200. The quantitative estimate of drug-likeness (QED) is 0.730.